The Bertz CT molecular complexity index is 840. The van der Waals surface area contributed by atoms with Gasteiger partial charge in [-0.05, 0) is 72.7 Å². The molecule has 1 N–H and O–H groups in total. The number of rotatable bonds is 4. The highest BCUT2D eigenvalue weighted by atomic mass is 19.1. The molecule has 1 amide bonds. The number of carbonyl (C=O) groups is 1. The number of fused-ring (bicyclic) bond motifs is 1. The molecule has 4 heteroatoms. The summed E-state index contributed by atoms with van der Waals surface area (Å²) in [5, 5.41) is 2.94. The highest BCUT2D eigenvalue weighted by Crippen LogP contribution is 2.28. The molecule has 1 aliphatic heterocycles. The van der Waals surface area contributed by atoms with Crippen LogP contribution in [0.1, 0.15) is 36.0 Å². The molecular weight excluding hydrogens is 339 g/mol. The van der Waals surface area contributed by atoms with Crippen molar-refractivity contribution in [2.24, 2.45) is 0 Å². The number of carbonyl (C=O) groups excluding carboxylic acids is 1. The first-order chi connectivity index (χ1) is 13.2. The number of anilines is 1. The average Bonchev–Trinajstić information content (AvgIpc) is 2.82. The topological polar surface area (TPSA) is 32.3 Å². The summed E-state index contributed by atoms with van der Waals surface area (Å²) in [6, 6.07) is 13.1. The van der Waals surface area contributed by atoms with Crippen LogP contribution in [-0.2, 0) is 17.6 Å². The summed E-state index contributed by atoms with van der Waals surface area (Å²) >= 11 is 0. The average molecular weight is 364 g/mol. The van der Waals surface area contributed by atoms with E-state index >= 15 is 0 Å². The molecule has 0 atom stereocenters. The van der Waals surface area contributed by atoms with Crippen LogP contribution in [0.4, 0.5) is 10.1 Å². The van der Waals surface area contributed by atoms with Gasteiger partial charge in [0.15, 0.2) is 0 Å². The number of nitrogens with zero attached hydrogens (tertiary/aromatic N) is 1. The van der Waals surface area contributed by atoms with Crippen LogP contribution >= 0.6 is 0 Å². The Kier molecular flexibility index (Phi) is 5.35. The van der Waals surface area contributed by atoms with Crippen molar-refractivity contribution in [2.45, 2.75) is 38.1 Å². The van der Waals surface area contributed by atoms with Gasteiger partial charge in [-0.3, -0.25) is 9.69 Å². The first kappa shape index (κ1) is 17.9. The molecule has 0 aromatic heterocycles. The summed E-state index contributed by atoms with van der Waals surface area (Å²) < 4.78 is 12.9. The van der Waals surface area contributed by atoms with Gasteiger partial charge < -0.3 is 5.32 Å². The second kappa shape index (κ2) is 8.05. The van der Waals surface area contributed by atoms with Crippen LogP contribution in [0, 0.1) is 5.82 Å². The zero-order chi connectivity index (χ0) is 18.6. The molecule has 0 unspecified atom stereocenters. The van der Waals surface area contributed by atoms with Gasteiger partial charge in [-0.1, -0.05) is 24.6 Å². The number of amides is 1. The number of hydrogen-bond donors (Lipinski definition) is 1. The van der Waals surface area contributed by atoms with Gasteiger partial charge in [0, 0.05) is 30.9 Å². The maximum Gasteiger partial charge on any atom is 0.248 e. The van der Waals surface area contributed by atoms with Crippen LogP contribution < -0.4 is 5.32 Å². The maximum absolute atomic E-state index is 12.9. The van der Waals surface area contributed by atoms with E-state index in [4.69, 9.17) is 0 Å². The third kappa shape index (κ3) is 4.45. The molecule has 1 fully saturated rings. The van der Waals surface area contributed by atoms with Crippen molar-refractivity contribution in [1.82, 2.24) is 4.90 Å². The third-order valence-electron chi connectivity index (χ3n) is 5.70. The zero-order valence-corrected chi connectivity index (χ0v) is 15.5. The molecular formula is C23H25FN2O. The van der Waals surface area contributed by atoms with E-state index in [9.17, 15) is 9.18 Å². The molecule has 0 radical (unpaired) electrons. The Morgan fingerprint density at radius 2 is 1.78 bits per heavy atom. The van der Waals surface area contributed by atoms with Crippen LogP contribution in [0.25, 0.3) is 6.08 Å². The van der Waals surface area contributed by atoms with E-state index in [0.717, 1.165) is 43.2 Å². The van der Waals surface area contributed by atoms with Crippen molar-refractivity contribution in [3.8, 4) is 0 Å². The Labute approximate surface area is 159 Å². The number of hydrogen-bond acceptors (Lipinski definition) is 2. The molecule has 1 saturated carbocycles. The van der Waals surface area contributed by atoms with Crippen LogP contribution in [0.2, 0.25) is 0 Å². The summed E-state index contributed by atoms with van der Waals surface area (Å²) in [6.45, 7) is 2.25. The fraction of sp³-hybridized carbons (Fsp3) is 0.348. The molecule has 2 aliphatic rings. The lowest BCUT2D eigenvalue weighted by molar-refractivity contribution is -0.111. The summed E-state index contributed by atoms with van der Waals surface area (Å²) in [4.78, 5) is 14.8. The van der Waals surface area contributed by atoms with Crippen molar-refractivity contribution in [1.29, 1.82) is 0 Å². The number of halogens is 1. The number of nitrogens with one attached hydrogen (secondary N) is 1. The second-order valence-corrected chi connectivity index (χ2v) is 7.48. The van der Waals surface area contributed by atoms with Crippen molar-refractivity contribution in [2.75, 3.05) is 18.4 Å². The van der Waals surface area contributed by atoms with Gasteiger partial charge in [-0.25, -0.2) is 4.39 Å². The quantitative estimate of drug-likeness (QED) is 0.814. The van der Waals surface area contributed by atoms with Crippen molar-refractivity contribution in [3.63, 3.8) is 0 Å². The minimum atomic E-state index is -0.280. The third-order valence-corrected chi connectivity index (χ3v) is 5.70. The molecule has 2 aromatic carbocycles. The summed E-state index contributed by atoms with van der Waals surface area (Å²) in [6.07, 6.45) is 9.36. The minimum absolute atomic E-state index is 0.177. The standard InChI is InChI=1S/C23H25FN2O/c24-20-8-4-17(5-9-20)6-11-23(27)25-21-10-7-18-12-14-26(22-2-1-3-22)15-13-19(18)16-21/h4-11,16,22H,1-3,12-15H2,(H,25,27). The first-order valence-electron chi connectivity index (χ1n) is 9.78. The smallest absolute Gasteiger partial charge is 0.248 e. The highest BCUT2D eigenvalue weighted by Gasteiger charge is 2.26. The molecule has 3 nitrogen and oxygen atoms in total. The van der Waals surface area contributed by atoms with Crippen LogP contribution in [0.15, 0.2) is 48.5 Å². The van der Waals surface area contributed by atoms with Crippen molar-refractivity contribution in [3.05, 3.63) is 71.0 Å². The Hall–Kier alpha value is -2.46. The lowest BCUT2D eigenvalue weighted by Gasteiger charge is -2.36. The van der Waals surface area contributed by atoms with E-state index in [1.54, 1.807) is 18.2 Å². The van der Waals surface area contributed by atoms with E-state index in [2.05, 4.69) is 22.3 Å². The predicted molar refractivity (Wildman–Crippen MR) is 107 cm³/mol. The van der Waals surface area contributed by atoms with Crippen molar-refractivity contribution < 1.29 is 9.18 Å². The maximum atomic E-state index is 12.9. The van der Waals surface area contributed by atoms with E-state index in [-0.39, 0.29) is 11.7 Å². The van der Waals surface area contributed by atoms with Gasteiger partial charge in [-0.15, -0.1) is 0 Å². The SMILES string of the molecule is O=C(C=Cc1ccc(F)cc1)Nc1ccc2c(c1)CCN(C1CCC1)CC2. The first-order valence-corrected chi connectivity index (χ1v) is 9.78. The fourth-order valence-corrected chi connectivity index (χ4v) is 3.87. The number of benzene rings is 2. The van der Waals surface area contributed by atoms with Crippen LogP contribution in [0.5, 0.6) is 0 Å². The summed E-state index contributed by atoms with van der Waals surface area (Å²) in [7, 11) is 0. The van der Waals surface area contributed by atoms with E-state index in [1.807, 2.05) is 6.07 Å². The van der Waals surface area contributed by atoms with Gasteiger partial charge >= 0.3 is 0 Å². The molecule has 0 bridgehead atoms. The predicted octanol–water partition coefficient (Wildman–Crippen LogP) is 4.43. The monoisotopic (exact) mass is 364 g/mol. The Morgan fingerprint density at radius 3 is 2.48 bits per heavy atom. The molecule has 140 valence electrons. The van der Waals surface area contributed by atoms with Gasteiger partial charge in [0.2, 0.25) is 5.91 Å². The summed E-state index contributed by atoms with van der Waals surface area (Å²) in [5.74, 6) is -0.457. The zero-order valence-electron chi connectivity index (χ0n) is 15.5. The molecule has 27 heavy (non-hydrogen) atoms. The fourth-order valence-electron chi connectivity index (χ4n) is 3.87. The molecule has 0 spiro atoms. The lowest BCUT2D eigenvalue weighted by atomic mass is 9.91. The Balaban J connectivity index is 1.38. The Morgan fingerprint density at radius 1 is 1.04 bits per heavy atom. The van der Waals surface area contributed by atoms with E-state index < -0.39 is 0 Å². The van der Waals surface area contributed by atoms with Gasteiger partial charge in [0.1, 0.15) is 5.82 Å². The molecule has 4 rings (SSSR count). The largest absolute Gasteiger partial charge is 0.323 e. The normalized spacial score (nSPS) is 18.0. The second-order valence-electron chi connectivity index (χ2n) is 7.48. The molecule has 1 aliphatic carbocycles. The van der Waals surface area contributed by atoms with E-state index in [1.165, 1.54) is 48.6 Å². The van der Waals surface area contributed by atoms with Crippen LogP contribution in [0.3, 0.4) is 0 Å². The van der Waals surface area contributed by atoms with Gasteiger partial charge in [-0.2, -0.15) is 0 Å². The lowest BCUT2D eigenvalue weighted by Crippen LogP contribution is -2.41. The van der Waals surface area contributed by atoms with Crippen LogP contribution in [-0.4, -0.2) is 29.9 Å². The minimum Gasteiger partial charge on any atom is -0.323 e. The van der Waals surface area contributed by atoms with Gasteiger partial charge in [0.05, 0.1) is 0 Å². The van der Waals surface area contributed by atoms with Gasteiger partial charge in [0.25, 0.3) is 0 Å². The van der Waals surface area contributed by atoms with Crippen molar-refractivity contribution >= 4 is 17.7 Å². The highest BCUT2D eigenvalue weighted by molar-refractivity contribution is 6.02. The molecule has 0 saturated heterocycles. The van der Waals surface area contributed by atoms with E-state index in [0.29, 0.717) is 0 Å². The summed E-state index contributed by atoms with van der Waals surface area (Å²) in [5.41, 5.74) is 4.37. The molecule has 1 heterocycles. The molecule has 2 aromatic rings.